The van der Waals surface area contributed by atoms with Crippen LogP contribution in [0.4, 0.5) is 23.2 Å². The Hall–Kier alpha value is -3.46. The first kappa shape index (κ1) is 24.2. The summed E-state index contributed by atoms with van der Waals surface area (Å²) in [6, 6.07) is 12.1. The number of hydrogen-bond acceptors (Lipinski definition) is 5. The lowest BCUT2D eigenvalue weighted by Crippen LogP contribution is -2.12. The molecule has 1 unspecified atom stereocenters. The number of anilines is 1. The van der Waals surface area contributed by atoms with Crippen LogP contribution in [0.15, 0.2) is 54.6 Å². The van der Waals surface area contributed by atoms with Gasteiger partial charge in [0.05, 0.1) is 26.9 Å². The monoisotopic (exact) mass is 465 g/mol. The summed E-state index contributed by atoms with van der Waals surface area (Å²) in [5.41, 5.74) is -0.405. The van der Waals surface area contributed by atoms with Gasteiger partial charge < -0.3 is 24.6 Å². The van der Waals surface area contributed by atoms with Gasteiger partial charge in [-0.1, -0.05) is 12.1 Å². The van der Waals surface area contributed by atoms with Gasteiger partial charge in [0.15, 0.2) is 11.6 Å². The van der Waals surface area contributed by atoms with Crippen LogP contribution in [-0.2, 0) is 12.7 Å². The minimum absolute atomic E-state index is 0.129. The van der Waals surface area contributed by atoms with Crippen molar-refractivity contribution in [1.82, 2.24) is 0 Å². The summed E-state index contributed by atoms with van der Waals surface area (Å²) in [5, 5.41) is 13.9. The Kier molecular flexibility index (Phi) is 7.33. The summed E-state index contributed by atoms with van der Waals surface area (Å²) in [4.78, 5) is 0. The number of benzene rings is 3. The van der Waals surface area contributed by atoms with Gasteiger partial charge in [-0.25, -0.2) is 4.39 Å². The van der Waals surface area contributed by atoms with Gasteiger partial charge in [0.25, 0.3) is 0 Å². The average molecular weight is 465 g/mol. The van der Waals surface area contributed by atoms with Crippen molar-refractivity contribution in [2.24, 2.45) is 0 Å². The fourth-order valence-electron chi connectivity index (χ4n) is 3.38. The van der Waals surface area contributed by atoms with Crippen LogP contribution in [0.1, 0.15) is 28.4 Å². The average Bonchev–Trinajstić information content (AvgIpc) is 2.81. The maximum absolute atomic E-state index is 14.7. The van der Waals surface area contributed by atoms with E-state index in [4.69, 9.17) is 14.2 Å². The maximum atomic E-state index is 14.7. The molecule has 0 radical (unpaired) electrons. The molecule has 9 heteroatoms. The molecule has 0 saturated heterocycles. The molecule has 0 spiro atoms. The van der Waals surface area contributed by atoms with Gasteiger partial charge in [-0.2, -0.15) is 13.2 Å². The Morgan fingerprint density at radius 2 is 1.61 bits per heavy atom. The van der Waals surface area contributed by atoms with Crippen molar-refractivity contribution in [1.29, 1.82) is 0 Å². The third kappa shape index (κ3) is 5.31. The fraction of sp³-hybridized carbons (Fsp3) is 0.250. The van der Waals surface area contributed by atoms with Crippen LogP contribution in [0.2, 0.25) is 0 Å². The molecule has 0 bridgehead atoms. The highest BCUT2D eigenvalue weighted by molar-refractivity contribution is 5.57. The van der Waals surface area contributed by atoms with E-state index in [1.165, 1.54) is 45.6 Å². The zero-order valence-corrected chi connectivity index (χ0v) is 18.2. The number of hydrogen-bond donors (Lipinski definition) is 2. The van der Waals surface area contributed by atoms with Crippen molar-refractivity contribution in [3.05, 3.63) is 82.7 Å². The number of halogens is 4. The van der Waals surface area contributed by atoms with E-state index in [1.807, 2.05) is 0 Å². The lowest BCUT2D eigenvalue weighted by atomic mass is 9.96. The third-order valence-corrected chi connectivity index (χ3v) is 5.14. The third-order valence-electron chi connectivity index (χ3n) is 5.14. The van der Waals surface area contributed by atoms with Crippen molar-refractivity contribution in [2.45, 2.75) is 18.8 Å². The molecule has 176 valence electrons. The first-order chi connectivity index (χ1) is 15.7. The minimum Gasteiger partial charge on any atom is -0.497 e. The summed E-state index contributed by atoms with van der Waals surface area (Å²) in [6.45, 7) is 0.166. The van der Waals surface area contributed by atoms with Crippen LogP contribution in [-0.4, -0.2) is 26.4 Å². The van der Waals surface area contributed by atoms with Crippen molar-refractivity contribution in [2.75, 3.05) is 26.6 Å². The summed E-state index contributed by atoms with van der Waals surface area (Å²) in [5.74, 6) is 0.105. The molecular weight excluding hydrogens is 442 g/mol. The van der Waals surface area contributed by atoms with E-state index in [2.05, 4.69) is 5.32 Å². The second kappa shape index (κ2) is 9.99. The highest BCUT2D eigenvalue weighted by atomic mass is 19.4. The number of alkyl halides is 3. The maximum Gasteiger partial charge on any atom is 0.416 e. The second-order valence-electron chi connectivity index (χ2n) is 7.10. The van der Waals surface area contributed by atoms with Gasteiger partial charge in [-0.05, 0) is 36.4 Å². The lowest BCUT2D eigenvalue weighted by molar-refractivity contribution is -0.137. The summed E-state index contributed by atoms with van der Waals surface area (Å²) in [7, 11) is 4.26. The topological polar surface area (TPSA) is 60.0 Å². The van der Waals surface area contributed by atoms with Crippen LogP contribution < -0.4 is 19.5 Å². The van der Waals surface area contributed by atoms with Crippen molar-refractivity contribution in [3.63, 3.8) is 0 Å². The number of ether oxygens (including phenoxy) is 3. The van der Waals surface area contributed by atoms with Crippen molar-refractivity contribution >= 4 is 5.69 Å². The Bertz CT molecular complexity index is 1120. The first-order valence-electron chi connectivity index (χ1n) is 9.86. The van der Waals surface area contributed by atoms with Crippen LogP contribution in [0.5, 0.6) is 17.2 Å². The minimum atomic E-state index is -4.64. The van der Waals surface area contributed by atoms with Crippen molar-refractivity contribution in [3.8, 4) is 17.2 Å². The smallest absolute Gasteiger partial charge is 0.416 e. The van der Waals surface area contributed by atoms with Crippen LogP contribution >= 0.6 is 0 Å². The zero-order chi connectivity index (χ0) is 24.2. The molecule has 0 aliphatic rings. The number of methoxy groups -OCH3 is 3. The summed E-state index contributed by atoms with van der Waals surface area (Å²) >= 11 is 0. The number of rotatable bonds is 8. The SMILES string of the molecule is COc1ccc(CNc2ccc(C(F)(F)F)cc2C(O)c2cccc(OC)c2F)c(OC)c1. The van der Waals surface area contributed by atoms with E-state index in [1.54, 1.807) is 18.2 Å². The van der Waals surface area contributed by atoms with Gasteiger partial charge in [0.2, 0.25) is 0 Å². The Labute approximate surface area is 188 Å². The normalized spacial score (nSPS) is 12.2. The molecule has 0 aliphatic carbocycles. The van der Waals surface area contributed by atoms with Crippen molar-refractivity contribution < 1.29 is 36.9 Å². The van der Waals surface area contributed by atoms with Gasteiger partial charge in [0.1, 0.15) is 17.6 Å². The quantitative estimate of drug-likeness (QED) is 0.427. The molecule has 0 saturated carbocycles. The molecule has 0 heterocycles. The van der Waals surface area contributed by atoms with E-state index in [9.17, 15) is 22.7 Å². The number of nitrogens with one attached hydrogen (secondary N) is 1. The van der Waals surface area contributed by atoms with Gasteiger partial charge in [-0.15, -0.1) is 0 Å². The molecule has 0 aromatic heterocycles. The molecule has 3 aromatic carbocycles. The molecule has 1 atom stereocenters. The number of aliphatic hydroxyl groups excluding tert-OH is 1. The predicted molar refractivity (Wildman–Crippen MR) is 115 cm³/mol. The molecule has 0 amide bonds. The molecule has 0 aliphatic heterocycles. The molecular formula is C24H23F4NO4. The first-order valence-corrected chi connectivity index (χ1v) is 9.86. The second-order valence-corrected chi connectivity index (χ2v) is 7.10. The van der Waals surface area contributed by atoms with Crippen LogP contribution in [0.3, 0.4) is 0 Å². The van der Waals surface area contributed by atoms with Gasteiger partial charge in [0, 0.05) is 35.0 Å². The predicted octanol–water partition coefficient (Wildman–Crippen LogP) is 5.56. The Balaban J connectivity index is 2.01. The molecule has 3 aromatic rings. The molecule has 5 nitrogen and oxygen atoms in total. The molecule has 2 N–H and O–H groups in total. The van der Waals surface area contributed by atoms with E-state index in [-0.39, 0.29) is 29.1 Å². The summed E-state index contributed by atoms with van der Waals surface area (Å²) in [6.07, 6.45) is -6.32. The van der Waals surface area contributed by atoms with E-state index in [0.29, 0.717) is 17.1 Å². The zero-order valence-electron chi connectivity index (χ0n) is 18.2. The standard InChI is InChI=1S/C24H23F4NO4/c1-31-16-9-7-14(21(12-16)33-3)13-29-19-10-8-15(24(26,27)28)11-18(19)23(30)17-5-4-6-20(32-2)22(17)25/h4-12,23,29-30H,13H2,1-3H3. The van der Waals surface area contributed by atoms with Crippen LogP contribution in [0, 0.1) is 5.82 Å². The lowest BCUT2D eigenvalue weighted by Gasteiger charge is -2.21. The summed E-state index contributed by atoms with van der Waals surface area (Å²) < 4.78 is 70.3. The highest BCUT2D eigenvalue weighted by Gasteiger charge is 2.32. The number of aliphatic hydroxyl groups is 1. The van der Waals surface area contributed by atoms with Crippen LogP contribution in [0.25, 0.3) is 0 Å². The van der Waals surface area contributed by atoms with E-state index in [0.717, 1.165) is 12.1 Å². The van der Waals surface area contributed by atoms with Gasteiger partial charge >= 0.3 is 6.18 Å². The van der Waals surface area contributed by atoms with E-state index >= 15 is 0 Å². The Morgan fingerprint density at radius 3 is 2.24 bits per heavy atom. The largest absolute Gasteiger partial charge is 0.497 e. The molecule has 3 rings (SSSR count). The van der Waals surface area contributed by atoms with E-state index < -0.39 is 23.7 Å². The molecule has 33 heavy (non-hydrogen) atoms. The highest BCUT2D eigenvalue weighted by Crippen LogP contribution is 2.38. The fourth-order valence-corrected chi connectivity index (χ4v) is 3.38. The van der Waals surface area contributed by atoms with Gasteiger partial charge in [-0.3, -0.25) is 0 Å². The molecule has 0 fully saturated rings. The Morgan fingerprint density at radius 1 is 0.879 bits per heavy atom.